The molecule has 0 radical (unpaired) electrons. The van der Waals surface area contributed by atoms with Crippen LogP contribution >= 0.6 is 11.3 Å². The Morgan fingerprint density at radius 1 is 0.533 bits per heavy atom. The summed E-state index contributed by atoms with van der Waals surface area (Å²) in [6, 6.07) is 48.8. The molecular weight excluding hydrogens is 571 g/mol. The number of furan rings is 1. The van der Waals surface area contributed by atoms with E-state index in [2.05, 4.69) is 114 Å². The van der Waals surface area contributed by atoms with Gasteiger partial charge < -0.3 is 8.98 Å². The molecule has 4 aromatic heterocycles. The summed E-state index contributed by atoms with van der Waals surface area (Å²) in [5.41, 5.74) is 8.07. The lowest BCUT2D eigenvalue weighted by Crippen LogP contribution is -2.00. The molecule has 0 fully saturated rings. The van der Waals surface area contributed by atoms with Crippen LogP contribution in [-0.4, -0.2) is 14.5 Å². The Bertz CT molecular complexity index is 2770. The summed E-state index contributed by atoms with van der Waals surface area (Å²) in [5, 5.41) is 6.92. The number of benzene rings is 6. The Morgan fingerprint density at radius 3 is 2.18 bits per heavy atom. The lowest BCUT2D eigenvalue weighted by atomic mass is 10.0. The molecule has 0 unspecified atom stereocenters. The largest absolute Gasteiger partial charge is 0.456 e. The monoisotopic (exact) mass is 593 g/mol. The highest BCUT2D eigenvalue weighted by atomic mass is 32.1. The fourth-order valence-corrected chi connectivity index (χ4v) is 7.93. The van der Waals surface area contributed by atoms with Crippen molar-refractivity contribution in [1.29, 1.82) is 0 Å². The second-order valence-corrected chi connectivity index (χ2v) is 12.4. The zero-order valence-corrected chi connectivity index (χ0v) is 24.8. The molecule has 4 nitrogen and oxygen atoms in total. The minimum absolute atomic E-state index is 0.727. The highest BCUT2D eigenvalue weighted by molar-refractivity contribution is 7.25. The fourth-order valence-electron chi connectivity index (χ4n) is 6.85. The molecule has 210 valence electrons. The Labute approximate surface area is 261 Å². The van der Waals surface area contributed by atoms with Crippen molar-refractivity contribution >= 4 is 75.4 Å². The molecule has 0 amide bonds. The number of fused-ring (bicyclic) bond motifs is 9. The number of rotatable bonds is 3. The highest BCUT2D eigenvalue weighted by Gasteiger charge is 2.22. The molecule has 10 rings (SSSR count). The van der Waals surface area contributed by atoms with E-state index in [1.165, 1.54) is 20.9 Å². The van der Waals surface area contributed by atoms with E-state index in [1.807, 2.05) is 30.3 Å². The van der Waals surface area contributed by atoms with Crippen molar-refractivity contribution in [2.45, 2.75) is 0 Å². The number of para-hydroxylation sites is 3. The smallest absolute Gasteiger partial charge is 0.161 e. The van der Waals surface area contributed by atoms with Gasteiger partial charge in [-0.3, -0.25) is 0 Å². The minimum atomic E-state index is 0.727. The molecular formula is C40H23N3OS. The summed E-state index contributed by atoms with van der Waals surface area (Å²) < 4.78 is 9.97. The van der Waals surface area contributed by atoms with Crippen molar-refractivity contribution in [3.63, 3.8) is 0 Å². The van der Waals surface area contributed by atoms with Crippen LogP contribution in [0.25, 0.3) is 92.4 Å². The van der Waals surface area contributed by atoms with Gasteiger partial charge in [-0.1, -0.05) is 103 Å². The first kappa shape index (κ1) is 24.6. The number of nitrogens with zero attached hydrogens (tertiary/aromatic N) is 3. The molecule has 0 atom stereocenters. The fraction of sp³-hybridized carbons (Fsp3) is 0. The van der Waals surface area contributed by atoms with E-state index in [0.717, 1.165) is 71.5 Å². The van der Waals surface area contributed by atoms with E-state index in [1.54, 1.807) is 11.3 Å². The normalized spacial score (nSPS) is 12.0. The molecule has 0 aliphatic carbocycles. The van der Waals surface area contributed by atoms with Crippen molar-refractivity contribution in [3.05, 3.63) is 140 Å². The van der Waals surface area contributed by atoms with Crippen molar-refractivity contribution in [3.8, 4) is 28.3 Å². The van der Waals surface area contributed by atoms with Gasteiger partial charge in [0.25, 0.3) is 0 Å². The van der Waals surface area contributed by atoms with Crippen LogP contribution in [0.3, 0.4) is 0 Å². The van der Waals surface area contributed by atoms with Gasteiger partial charge in [-0.2, -0.15) is 0 Å². The summed E-state index contributed by atoms with van der Waals surface area (Å²) in [4.78, 5) is 11.4. The molecule has 0 aliphatic rings. The third-order valence-electron chi connectivity index (χ3n) is 8.84. The van der Waals surface area contributed by atoms with Crippen LogP contribution in [0.4, 0.5) is 0 Å². The average molecular weight is 594 g/mol. The van der Waals surface area contributed by atoms with Gasteiger partial charge in [0, 0.05) is 54.2 Å². The SMILES string of the molecule is c1ccc(-c2nc(-c3ccccc3-n3c4ccccc4c4cc5c(cc43)oc3ccccc35)c3c(n2)sc2ccccc23)cc1. The van der Waals surface area contributed by atoms with Crippen LogP contribution in [0, 0.1) is 0 Å². The Balaban J connectivity index is 1.33. The standard InChI is InChI=1S/C40H23N3OS/c1-2-12-24(13-3-1)39-41-38(37-28-17-7-11-21-36(28)45-40(37)42-39)27-16-5-9-19-32(27)43-31-18-8-4-14-25(31)29-22-30-26-15-6-10-20-34(26)44-35(30)23-33(29)43/h1-23H. The lowest BCUT2D eigenvalue weighted by Gasteiger charge is -2.15. The van der Waals surface area contributed by atoms with Crippen molar-refractivity contribution in [2.75, 3.05) is 0 Å². The van der Waals surface area contributed by atoms with Crippen molar-refractivity contribution in [1.82, 2.24) is 14.5 Å². The molecule has 5 heteroatoms. The number of thiophene rings is 1. The Kier molecular flexibility index (Phi) is 5.12. The number of hydrogen-bond donors (Lipinski definition) is 0. The molecule has 0 N–H and O–H groups in total. The second kappa shape index (κ2) is 9.36. The maximum Gasteiger partial charge on any atom is 0.161 e. The highest BCUT2D eigenvalue weighted by Crippen LogP contribution is 2.43. The zero-order valence-electron chi connectivity index (χ0n) is 23.9. The van der Waals surface area contributed by atoms with Gasteiger partial charge >= 0.3 is 0 Å². The van der Waals surface area contributed by atoms with E-state index in [9.17, 15) is 0 Å². The van der Waals surface area contributed by atoms with Crippen LogP contribution < -0.4 is 0 Å². The average Bonchev–Trinajstić information content (AvgIpc) is 3.76. The molecule has 10 aromatic rings. The summed E-state index contributed by atoms with van der Waals surface area (Å²) in [6.07, 6.45) is 0. The van der Waals surface area contributed by atoms with E-state index < -0.39 is 0 Å². The molecule has 0 bridgehead atoms. The molecule has 45 heavy (non-hydrogen) atoms. The third-order valence-corrected chi connectivity index (χ3v) is 9.91. The summed E-state index contributed by atoms with van der Waals surface area (Å²) in [5.74, 6) is 0.727. The minimum Gasteiger partial charge on any atom is -0.456 e. The van der Waals surface area contributed by atoms with Crippen LogP contribution in [0.15, 0.2) is 144 Å². The van der Waals surface area contributed by atoms with E-state index in [0.29, 0.717) is 0 Å². The lowest BCUT2D eigenvalue weighted by molar-refractivity contribution is 0.669. The van der Waals surface area contributed by atoms with Crippen LogP contribution in [0.2, 0.25) is 0 Å². The predicted molar refractivity (Wildman–Crippen MR) is 187 cm³/mol. The third kappa shape index (κ3) is 3.59. The first-order valence-corrected chi connectivity index (χ1v) is 15.8. The van der Waals surface area contributed by atoms with Crippen molar-refractivity contribution in [2.24, 2.45) is 0 Å². The molecule has 0 saturated carbocycles. The van der Waals surface area contributed by atoms with Gasteiger partial charge in [-0.15, -0.1) is 11.3 Å². The van der Waals surface area contributed by atoms with Crippen LogP contribution in [0.5, 0.6) is 0 Å². The number of hydrogen-bond acceptors (Lipinski definition) is 4. The van der Waals surface area contributed by atoms with Crippen LogP contribution in [0.1, 0.15) is 0 Å². The van der Waals surface area contributed by atoms with Gasteiger partial charge in [-0.25, -0.2) is 9.97 Å². The maximum absolute atomic E-state index is 6.39. The summed E-state index contributed by atoms with van der Waals surface area (Å²) >= 11 is 1.72. The van der Waals surface area contributed by atoms with E-state index in [-0.39, 0.29) is 0 Å². The summed E-state index contributed by atoms with van der Waals surface area (Å²) in [7, 11) is 0. The second-order valence-electron chi connectivity index (χ2n) is 11.4. The molecule has 6 aromatic carbocycles. The first-order valence-electron chi connectivity index (χ1n) is 15.0. The van der Waals surface area contributed by atoms with E-state index in [4.69, 9.17) is 14.4 Å². The van der Waals surface area contributed by atoms with Gasteiger partial charge in [0.2, 0.25) is 0 Å². The predicted octanol–water partition coefficient (Wildman–Crippen LogP) is 11.2. The van der Waals surface area contributed by atoms with Crippen molar-refractivity contribution < 1.29 is 4.42 Å². The quantitative estimate of drug-likeness (QED) is 0.205. The van der Waals surface area contributed by atoms with Gasteiger partial charge in [0.1, 0.15) is 16.0 Å². The summed E-state index contributed by atoms with van der Waals surface area (Å²) in [6.45, 7) is 0. The maximum atomic E-state index is 6.39. The number of aromatic nitrogens is 3. The molecule has 0 aliphatic heterocycles. The van der Waals surface area contributed by atoms with Crippen LogP contribution in [-0.2, 0) is 0 Å². The molecule has 4 heterocycles. The molecule has 0 spiro atoms. The Morgan fingerprint density at radius 2 is 1.27 bits per heavy atom. The Hall–Kier alpha value is -5.78. The molecule has 0 saturated heterocycles. The zero-order chi connectivity index (χ0) is 29.5. The first-order chi connectivity index (χ1) is 22.3. The van der Waals surface area contributed by atoms with Gasteiger partial charge in [-0.05, 0) is 30.3 Å². The van der Waals surface area contributed by atoms with Gasteiger partial charge in [0.15, 0.2) is 5.82 Å². The van der Waals surface area contributed by atoms with Gasteiger partial charge in [0.05, 0.1) is 22.4 Å². The van der Waals surface area contributed by atoms with E-state index >= 15 is 0 Å². The topological polar surface area (TPSA) is 43.9 Å².